The Morgan fingerprint density at radius 1 is 1.21 bits per heavy atom. The number of hydrogen-bond donors (Lipinski definition) is 0. The number of rotatable bonds is 0. The highest BCUT2D eigenvalue weighted by atomic mass is 35.5. The van der Waals surface area contributed by atoms with Crippen LogP contribution in [0.3, 0.4) is 0 Å². The summed E-state index contributed by atoms with van der Waals surface area (Å²) in [6.45, 7) is 0. The summed E-state index contributed by atoms with van der Waals surface area (Å²) in [6.07, 6.45) is 0.761. The van der Waals surface area contributed by atoms with Crippen LogP contribution >= 0.6 is 11.6 Å². The van der Waals surface area contributed by atoms with Gasteiger partial charge in [0.15, 0.2) is 0 Å². The van der Waals surface area contributed by atoms with Crippen LogP contribution in [-0.2, 0) is 16.0 Å². The second kappa shape index (κ2) is 3.42. The summed E-state index contributed by atoms with van der Waals surface area (Å²) in [5.41, 5.74) is 1.20. The van der Waals surface area contributed by atoms with Crippen molar-refractivity contribution in [2.75, 3.05) is 0 Å². The Morgan fingerprint density at radius 3 is 2.79 bits per heavy atom. The summed E-state index contributed by atoms with van der Waals surface area (Å²) in [5, 5.41) is 0.468. The molecular formula is C10H7ClO3. The maximum Gasteiger partial charge on any atom is 0.346 e. The quantitative estimate of drug-likeness (QED) is 0.486. The Kier molecular flexibility index (Phi) is 2.25. The predicted molar refractivity (Wildman–Crippen MR) is 50.2 cm³/mol. The molecule has 1 aromatic rings. The van der Waals surface area contributed by atoms with Gasteiger partial charge in [-0.25, -0.2) is 4.79 Å². The summed E-state index contributed by atoms with van der Waals surface area (Å²) in [5.74, 6) is -1.09. The van der Waals surface area contributed by atoms with Crippen molar-refractivity contribution in [3.05, 3.63) is 34.3 Å². The highest BCUT2D eigenvalue weighted by molar-refractivity contribution is 6.31. The number of ether oxygens (including phenoxy) is 1. The van der Waals surface area contributed by atoms with Crippen molar-refractivity contribution in [1.29, 1.82) is 0 Å². The number of hydrogen-bond acceptors (Lipinski definition) is 3. The molecule has 0 saturated carbocycles. The summed E-state index contributed by atoms with van der Waals surface area (Å²) >= 11 is 5.74. The molecule has 0 amide bonds. The molecule has 0 unspecified atom stereocenters. The van der Waals surface area contributed by atoms with Crippen molar-refractivity contribution in [3.8, 4) is 0 Å². The van der Waals surface area contributed by atoms with Crippen molar-refractivity contribution < 1.29 is 14.3 Å². The molecule has 0 radical (unpaired) electrons. The monoisotopic (exact) mass is 210 g/mol. The zero-order chi connectivity index (χ0) is 10.1. The first kappa shape index (κ1) is 9.21. The Morgan fingerprint density at radius 2 is 2.00 bits per heavy atom. The third-order valence-electron chi connectivity index (χ3n) is 2.10. The number of carbonyl (C=O) groups is 2. The number of fused-ring (bicyclic) bond motifs is 1. The van der Waals surface area contributed by atoms with Gasteiger partial charge < -0.3 is 4.74 Å². The summed E-state index contributed by atoms with van der Waals surface area (Å²) in [4.78, 5) is 22.3. The molecule has 3 nitrogen and oxygen atoms in total. The number of esters is 2. The van der Waals surface area contributed by atoms with E-state index in [0.717, 1.165) is 5.56 Å². The molecule has 0 N–H and O–H groups in total. The van der Waals surface area contributed by atoms with Crippen molar-refractivity contribution in [1.82, 2.24) is 0 Å². The van der Waals surface area contributed by atoms with Gasteiger partial charge in [-0.05, 0) is 24.1 Å². The second-order valence-electron chi connectivity index (χ2n) is 3.06. The van der Waals surface area contributed by atoms with Gasteiger partial charge in [0.05, 0.1) is 12.0 Å². The van der Waals surface area contributed by atoms with E-state index in [1.807, 2.05) is 0 Å². The van der Waals surface area contributed by atoms with E-state index >= 15 is 0 Å². The van der Waals surface area contributed by atoms with E-state index in [1.165, 1.54) is 6.07 Å². The fourth-order valence-corrected chi connectivity index (χ4v) is 1.57. The molecule has 0 spiro atoms. The maximum absolute atomic E-state index is 11.4. The molecule has 14 heavy (non-hydrogen) atoms. The zero-order valence-electron chi connectivity index (χ0n) is 7.25. The Balaban J connectivity index is 2.49. The van der Waals surface area contributed by atoms with Gasteiger partial charge in [-0.1, -0.05) is 17.7 Å². The van der Waals surface area contributed by atoms with Crippen LogP contribution in [0, 0.1) is 0 Å². The molecule has 0 atom stereocenters. The molecule has 0 bridgehead atoms. The number of benzene rings is 1. The summed E-state index contributed by atoms with van der Waals surface area (Å²) in [7, 11) is 0. The molecule has 1 aliphatic rings. The fourth-order valence-electron chi connectivity index (χ4n) is 1.40. The minimum Gasteiger partial charge on any atom is -0.389 e. The smallest absolute Gasteiger partial charge is 0.346 e. The molecule has 2 rings (SSSR count). The van der Waals surface area contributed by atoms with Crippen molar-refractivity contribution >= 4 is 23.5 Å². The molecule has 0 aliphatic carbocycles. The lowest BCUT2D eigenvalue weighted by atomic mass is 10.0. The van der Waals surface area contributed by atoms with Gasteiger partial charge >= 0.3 is 11.9 Å². The van der Waals surface area contributed by atoms with Crippen LogP contribution in [0.1, 0.15) is 22.3 Å². The Bertz CT molecular complexity index is 412. The van der Waals surface area contributed by atoms with E-state index < -0.39 is 11.9 Å². The van der Waals surface area contributed by atoms with Gasteiger partial charge in [0.1, 0.15) is 0 Å². The SMILES string of the molecule is O=C1CCc2ccc(Cl)cc2C(=O)O1. The highest BCUT2D eigenvalue weighted by Crippen LogP contribution is 2.21. The average molecular weight is 211 g/mol. The lowest BCUT2D eigenvalue weighted by molar-refractivity contribution is -0.137. The highest BCUT2D eigenvalue weighted by Gasteiger charge is 2.21. The fraction of sp³-hybridized carbons (Fsp3) is 0.200. The number of cyclic esters (lactones) is 2. The van der Waals surface area contributed by atoms with Crippen LogP contribution in [0.5, 0.6) is 0 Å². The number of halogens is 1. The van der Waals surface area contributed by atoms with E-state index in [4.69, 9.17) is 11.6 Å². The molecule has 1 heterocycles. The third-order valence-corrected chi connectivity index (χ3v) is 2.33. The van der Waals surface area contributed by atoms with Gasteiger partial charge in [0.25, 0.3) is 0 Å². The lowest BCUT2D eigenvalue weighted by Crippen LogP contribution is -2.09. The normalized spacial score (nSPS) is 15.8. The van der Waals surface area contributed by atoms with Gasteiger partial charge in [-0.15, -0.1) is 0 Å². The van der Waals surface area contributed by atoms with E-state index in [-0.39, 0.29) is 6.42 Å². The lowest BCUT2D eigenvalue weighted by Gasteiger charge is -2.02. The largest absolute Gasteiger partial charge is 0.389 e. The van der Waals surface area contributed by atoms with Gasteiger partial charge in [-0.3, -0.25) is 4.79 Å². The van der Waals surface area contributed by atoms with Gasteiger partial charge in [0.2, 0.25) is 0 Å². The molecular weight excluding hydrogens is 204 g/mol. The summed E-state index contributed by atoms with van der Waals surface area (Å²) in [6, 6.07) is 4.97. The van der Waals surface area contributed by atoms with E-state index in [0.29, 0.717) is 17.0 Å². The number of aryl methyl sites for hydroxylation is 1. The van der Waals surface area contributed by atoms with Crippen LogP contribution in [-0.4, -0.2) is 11.9 Å². The van der Waals surface area contributed by atoms with Crippen LogP contribution in [0.15, 0.2) is 18.2 Å². The second-order valence-corrected chi connectivity index (χ2v) is 3.50. The maximum atomic E-state index is 11.4. The summed E-state index contributed by atoms with van der Waals surface area (Å²) < 4.78 is 4.56. The number of carbonyl (C=O) groups excluding carboxylic acids is 2. The van der Waals surface area contributed by atoms with E-state index in [1.54, 1.807) is 12.1 Å². The first-order chi connectivity index (χ1) is 6.66. The third kappa shape index (κ3) is 1.63. The van der Waals surface area contributed by atoms with E-state index in [9.17, 15) is 9.59 Å². The minimum absolute atomic E-state index is 0.236. The molecule has 4 heteroatoms. The first-order valence-corrected chi connectivity index (χ1v) is 4.58. The van der Waals surface area contributed by atoms with Crippen molar-refractivity contribution in [2.24, 2.45) is 0 Å². The molecule has 72 valence electrons. The van der Waals surface area contributed by atoms with Crippen LogP contribution in [0.25, 0.3) is 0 Å². The zero-order valence-corrected chi connectivity index (χ0v) is 8.00. The molecule has 0 aromatic heterocycles. The van der Waals surface area contributed by atoms with Crippen LogP contribution in [0.4, 0.5) is 0 Å². The Labute approximate surface area is 85.6 Å². The average Bonchev–Trinajstić information content (AvgIpc) is 2.27. The molecule has 0 saturated heterocycles. The minimum atomic E-state index is -0.606. The van der Waals surface area contributed by atoms with Crippen LogP contribution < -0.4 is 0 Å². The van der Waals surface area contributed by atoms with Crippen molar-refractivity contribution in [2.45, 2.75) is 12.8 Å². The first-order valence-electron chi connectivity index (χ1n) is 4.20. The van der Waals surface area contributed by atoms with Crippen molar-refractivity contribution in [3.63, 3.8) is 0 Å². The molecule has 1 aliphatic heterocycles. The van der Waals surface area contributed by atoms with Gasteiger partial charge in [-0.2, -0.15) is 0 Å². The van der Waals surface area contributed by atoms with Crippen LogP contribution in [0.2, 0.25) is 5.02 Å². The molecule has 0 fully saturated rings. The van der Waals surface area contributed by atoms with Gasteiger partial charge in [0, 0.05) is 5.02 Å². The van der Waals surface area contributed by atoms with E-state index in [2.05, 4.69) is 4.74 Å². The Hall–Kier alpha value is -1.35. The standard InChI is InChI=1S/C10H7ClO3/c11-7-3-1-6-2-4-9(12)14-10(13)8(6)5-7/h1,3,5H,2,4H2. The topological polar surface area (TPSA) is 43.4 Å². The molecule has 1 aromatic carbocycles. The predicted octanol–water partition coefficient (Wildman–Crippen LogP) is 1.97.